The van der Waals surface area contributed by atoms with Crippen molar-refractivity contribution < 1.29 is 17.5 Å². The fourth-order valence-corrected chi connectivity index (χ4v) is 3.94. The molecule has 1 atom stereocenters. The Morgan fingerprint density at radius 3 is 2.96 bits per heavy atom. The Morgan fingerprint density at radius 2 is 2.21 bits per heavy atom. The highest BCUT2D eigenvalue weighted by Crippen LogP contribution is 2.31. The number of nitrogens with zero attached hydrogens (tertiary/aromatic N) is 3. The summed E-state index contributed by atoms with van der Waals surface area (Å²) in [6.45, 7) is 2.67. The van der Waals surface area contributed by atoms with Gasteiger partial charge >= 0.3 is 0 Å². The third-order valence-corrected chi connectivity index (χ3v) is 5.65. The number of ether oxygens (including phenoxy) is 1. The summed E-state index contributed by atoms with van der Waals surface area (Å²) in [5.74, 6) is 1.33. The Kier molecular flexibility index (Phi) is 4.50. The highest BCUT2D eigenvalue weighted by Gasteiger charge is 2.27. The molecule has 0 saturated heterocycles. The number of aromatic nitrogens is 2. The molecule has 0 saturated carbocycles. The van der Waals surface area contributed by atoms with E-state index in [0.29, 0.717) is 30.4 Å². The van der Waals surface area contributed by atoms with Gasteiger partial charge in [0.2, 0.25) is 10.0 Å². The largest absolute Gasteiger partial charge is 0.493 e. The van der Waals surface area contributed by atoms with Crippen LogP contribution in [0.25, 0.3) is 0 Å². The molecule has 0 spiro atoms. The fraction of sp³-hybridized carbons (Fsp3) is 0.412. The third kappa shape index (κ3) is 3.54. The second kappa shape index (κ2) is 6.74. The monoisotopic (exact) mass is 408 g/mol. The van der Waals surface area contributed by atoms with Crippen molar-refractivity contribution in [3.63, 3.8) is 0 Å². The molecule has 28 heavy (non-hydrogen) atoms. The Hall–Kier alpha value is -2.66. The Balaban J connectivity index is 1.74. The quantitative estimate of drug-likeness (QED) is 0.612. The lowest BCUT2D eigenvalue weighted by molar-refractivity contribution is 0.356. The molecule has 9 nitrogen and oxygen atoms in total. The van der Waals surface area contributed by atoms with E-state index in [0.717, 1.165) is 28.9 Å². The van der Waals surface area contributed by atoms with Crippen LogP contribution in [0.1, 0.15) is 28.2 Å². The molecule has 0 fully saturated rings. The number of aliphatic imine (C=N–C) groups is 1. The molecule has 2 aromatic rings. The van der Waals surface area contributed by atoms with Gasteiger partial charge in [0.1, 0.15) is 23.1 Å². The summed E-state index contributed by atoms with van der Waals surface area (Å²) in [5, 5.41) is 7.71. The van der Waals surface area contributed by atoms with Gasteiger partial charge in [-0.25, -0.2) is 23.5 Å². The minimum atomic E-state index is -3.71. The first-order valence-electron chi connectivity index (χ1n) is 8.80. The van der Waals surface area contributed by atoms with E-state index in [9.17, 15) is 12.8 Å². The summed E-state index contributed by atoms with van der Waals surface area (Å²) < 4.78 is 44.0. The fourth-order valence-electron chi connectivity index (χ4n) is 3.50. The van der Waals surface area contributed by atoms with E-state index < -0.39 is 16.4 Å². The predicted octanol–water partition coefficient (Wildman–Crippen LogP) is 0.390. The Bertz CT molecular complexity index is 1080. The number of nitrogens with one attached hydrogen (secondary N) is 1. The lowest BCUT2D eigenvalue weighted by Gasteiger charge is -2.18. The van der Waals surface area contributed by atoms with Gasteiger partial charge in [-0.15, -0.1) is 0 Å². The molecule has 5 N–H and O–H groups in total. The van der Waals surface area contributed by atoms with Gasteiger partial charge in [-0.3, -0.25) is 0 Å². The van der Waals surface area contributed by atoms with Gasteiger partial charge in [0.25, 0.3) is 6.42 Å². The molecule has 0 radical (unpaired) electrons. The first-order chi connectivity index (χ1) is 13.2. The van der Waals surface area contributed by atoms with Crippen molar-refractivity contribution >= 4 is 21.7 Å². The van der Waals surface area contributed by atoms with Crippen LogP contribution < -0.4 is 20.9 Å². The molecule has 11 heteroatoms. The van der Waals surface area contributed by atoms with E-state index in [1.54, 1.807) is 4.57 Å². The average Bonchev–Trinajstić information content (AvgIpc) is 3.17. The van der Waals surface area contributed by atoms with E-state index in [-0.39, 0.29) is 18.1 Å². The van der Waals surface area contributed by atoms with Gasteiger partial charge in [0, 0.05) is 19.4 Å². The molecule has 150 valence electrons. The molecule has 3 heterocycles. The summed E-state index contributed by atoms with van der Waals surface area (Å²) in [4.78, 5) is 8.14. The Morgan fingerprint density at radius 1 is 1.43 bits per heavy atom. The van der Waals surface area contributed by atoms with Crippen LogP contribution >= 0.6 is 0 Å². The summed E-state index contributed by atoms with van der Waals surface area (Å²) in [7, 11) is -3.71. The van der Waals surface area contributed by atoms with Crippen molar-refractivity contribution in [3.8, 4) is 5.75 Å². The summed E-state index contributed by atoms with van der Waals surface area (Å²) >= 11 is 0. The van der Waals surface area contributed by atoms with Crippen LogP contribution in [0.5, 0.6) is 5.75 Å². The van der Waals surface area contributed by atoms with Crippen molar-refractivity contribution in [2.45, 2.75) is 32.7 Å². The van der Waals surface area contributed by atoms with Gasteiger partial charge < -0.3 is 20.4 Å². The van der Waals surface area contributed by atoms with Gasteiger partial charge in [0.05, 0.1) is 12.4 Å². The van der Waals surface area contributed by atoms with Gasteiger partial charge in [0.15, 0.2) is 5.84 Å². The zero-order valence-corrected chi connectivity index (χ0v) is 16.1. The lowest BCUT2D eigenvalue weighted by Crippen LogP contribution is -2.29. The molecule has 4 rings (SSSR count). The summed E-state index contributed by atoms with van der Waals surface area (Å²) in [5.41, 5.74) is 9.34. The summed E-state index contributed by atoms with van der Waals surface area (Å²) in [6, 6.07) is 4.05. The van der Waals surface area contributed by atoms with Crippen LogP contribution in [0.15, 0.2) is 17.1 Å². The number of benzene rings is 1. The average molecular weight is 408 g/mol. The molecule has 2 aliphatic rings. The second-order valence-corrected chi connectivity index (χ2v) is 8.63. The maximum Gasteiger partial charge on any atom is 0.267 e. The van der Waals surface area contributed by atoms with E-state index >= 15 is 0 Å². The molecule has 1 aromatic heterocycles. The minimum absolute atomic E-state index is 0.0178. The number of alkyl halides is 1. The number of hydrogen-bond donors (Lipinski definition) is 3. The first-order valence-corrected chi connectivity index (χ1v) is 10.5. The smallest absolute Gasteiger partial charge is 0.267 e. The SMILES string of the molecule is Cc1cc2c(cc1Cc1nc3c(n1CCS(N)(=O)=O)NC(F)N=C3N)OCC2. The highest BCUT2D eigenvalue weighted by atomic mass is 32.2. The van der Waals surface area contributed by atoms with Crippen LogP contribution in [0.2, 0.25) is 0 Å². The van der Waals surface area contributed by atoms with E-state index in [1.165, 1.54) is 0 Å². The standard InChI is InChI=1S/C17H21FN6O3S/c1-9-6-10-2-4-27-12(10)7-11(9)8-13-21-14-15(19)22-17(18)23-16(14)24(13)3-5-28(20,25)26/h6-7,17,23H,2-5,8H2,1H3,(H2,19,22)(H2,20,25,26). The maximum atomic E-state index is 13.8. The van der Waals surface area contributed by atoms with E-state index in [4.69, 9.17) is 15.6 Å². The zero-order valence-electron chi connectivity index (χ0n) is 15.3. The van der Waals surface area contributed by atoms with Crippen LogP contribution in [0.4, 0.5) is 10.2 Å². The molecule has 1 unspecified atom stereocenters. The topological polar surface area (TPSA) is 138 Å². The van der Waals surface area contributed by atoms with Crippen LogP contribution in [-0.4, -0.2) is 42.6 Å². The van der Waals surface area contributed by atoms with E-state index in [2.05, 4.69) is 21.4 Å². The lowest BCUT2D eigenvalue weighted by atomic mass is 10.0. The van der Waals surface area contributed by atoms with Crippen molar-refractivity contribution in [2.75, 3.05) is 17.7 Å². The number of aryl methyl sites for hydroxylation is 1. The number of imidazole rings is 1. The van der Waals surface area contributed by atoms with Crippen LogP contribution in [0.3, 0.4) is 0 Å². The van der Waals surface area contributed by atoms with Gasteiger partial charge in [-0.05, 0) is 29.7 Å². The third-order valence-electron chi connectivity index (χ3n) is 4.89. The minimum Gasteiger partial charge on any atom is -0.493 e. The van der Waals surface area contributed by atoms with E-state index in [1.807, 2.05) is 13.0 Å². The van der Waals surface area contributed by atoms with Crippen LogP contribution in [-0.2, 0) is 29.4 Å². The van der Waals surface area contributed by atoms with Crippen molar-refractivity contribution in [3.05, 3.63) is 40.3 Å². The number of sulfonamides is 1. The second-order valence-electron chi connectivity index (χ2n) is 6.90. The zero-order chi connectivity index (χ0) is 20.1. The molecule has 2 aliphatic heterocycles. The number of rotatable bonds is 5. The molecular weight excluding hydrogens is 387 g/mol. The number of amidine groups is 1. The molecule has 0 aliphatic carbocycles. The number of halogens is 1. The Labute approximate surface area is 161 Å². The summed E-state index contributed by atoms with van der Waals surface area (Å²) in [6.07, 6.45) is -0.449. The van der Waals surface area contributed by atoms with Crippen molar-refractivity contribution in [1.82, 2.24) is 9.55 Å². The molecule has 0 amide bonds. The molecule has 1 aromatic carbocycles. The number of primary sulfonamides is 1. The number of nitrogens with two attached hydrogens (primary N) is 2. The highest BCUT2D eigenvalue weighted by molar-refractivity contribution is 7.89. The van der Waals surface area contributed by atoms with Crippen LogP contribution in [0, 0.1) is 6.92 Å². The van der Waals surface area contributed by atoms with Crippen molar-refractivity contribution in [2.24, 2.45) is 15.9 Å². The number of fused-ring (bicyclic) bond motifs is 2. The normalized spacial score (nSPS) is 18.1. The molecular formula is C17H21FN6O3S. The maximum absolute atomic E-state index is 13.8. The predicted molar refractivity (Wildman–Crippen MR) is 103 cm³/mol. The van der Waals surface area contributed by atoms with Gasteiger partial charge in [-0.2, -0.15) is 4.39 Å². The van der Waals surface area contributed by atoms with Crippen molar-refractivity contribution in [1.29, 1.82) is 0 Å². The molecule has 0 bridgehead atoms. The number of anilines is 1. The number of hydrogen-bond acceptors (Lipinski definition) is 7. The first kappa shape index (κ1) is 18.7. The van der Waals surface area contributed by atoms with Gasteiger partial charge in [-0.1, -0.05) is 6.07 Å².